The zero-order valence-corrected chi connectivity index (χ0v) is 22.4. The highest BCUT2D eigenvalue weighted by Crippen LogP contribution is 2.38. The van der Waals surface area contributed by atoms with Gasteiger partial charge in [0.05, 0.1) is 38.1 Å². The number of hydrogen-bond acceptors (Lipinski definition) is 8. The van der Waals surface area contributed by atoms with Gasteiger partial charge in [-0.1, -0.05) is 35.9 Å². The van der Waals surface area contributed by atoms with E-state index in [0.717, 1.165) is 0 Å². The van der Waals surface area contributed by atoms with E-state index in [2.05, 4.69) is 15.8 Å². The fourth-order valence-electron chi connectivity index (χ4n) is 3.45. The number of amides is 2. The molecule has 0 saturated carbocycles. The number of benzene rings is 3. The summed E-state index contributed by atoms with van der Waals surface area (Å²) in [5, 5.41) is 6.99. The zero-order chi connectivity index (χ0) is 28.2. The van der Waals surface area contributed by atoms with Crippen molar-refractivity contribution in [1.29, 1.82) is 0 Å². The van der Waals surface area contributed by atoms with Crippen LogP contribution in [-0.2, 0) is 4.79 Å². The van der Waals surface area contributed by atoms with E-state index in [1.165, 1.54) is 27.5 Å². The maximum absolute atomic E-state index is 12.5. The molecule has 0 radical (unpaired) electrons. The molecule has 0 unspecified atom stereocenters. The summed E-state index contributed by atoms with van der Waals surface area (Å²) in [4.78, 5) is 37.0. The van der Waals surface area contributed by atoms with Crippen molar-refractivity contribution in [3.63, 3.8) is 0 Å². The maximum Gasteiger partial charge on any atom is 0.345 e. The van der Waals surface area contributed by atoms with Crippen LogP contribution < -0.4 is 29.7 Å². The molecule has 0 bridgehead atoms. The molecule has 3 rings (SSSR count). The summed E-state index contributed by atoms with van der Waals surface area (Å²) in [7, 11) is 4.41. The number of nitrogens with zero attached hydrogens (tertiary/aromatic N) is 1. The number of esters is 1. The first-order chi connectivity index (χ1) is 18.9. The predicted molar refractivity (Wildman–Crippen MR) is 146 cm³/mol. The number of hydrazone groups is 1. The minimum Gasteiger partial charge on any atom is -0.493 e. The summed E-state index contributed by atoms with van der Waals surface area (Å²) in [6, 6.07) is 16.3. The summed E-state index contributed by atoms with van der Waals surface area (Å²) < 4.78 is 21.2. The second kappa shape index (κ2) is 14.4. The predicted octanol–water partition coefficient (Wildman–Crippen LogP) is 4.25. The lowest BCUT2D eigenvalue weighted by Gasteiger charge is -2.14. The van der Waals surface area contributed by atoms with Crippen molar-refractivity contribution in [2.45, 2.75) is 12.8 Å². The topological polar surface area (TPSA) is 125 Å². The van der Waals surface area contributed by atoms with E-state index in [9.17, 15) is 14.4 Å². The van der Waals surface area contributed by atoms with E-state index in [1.807, 2.05) is 0 Å². The van der Waals surface area contributed by atoms with Crippen molar-refractivity contribution in [3.05, 3.63) is 82.4 Å². The molecule has 0 aliphatic rings. The van der Waals surface area contributed by atoms with Crippen LogP contribution in [0.25, 0.3) is 0 Å². The molecule has 0 atom stereocenters. The maximum atomic E-state index is 12.5. The van der Waals surface area contributed by atoms with Crippen LogP contribution in [0, 0.1) is 0 Å². The van der Waals surface area contributed by atoms with Gasteiger partial charge in [0.1, 0.15) is 5.75 Å². The van der Waals surface area contributed by atoms with Gasteiger partial charge in [-0.05, 0) is 48.4 Å². The smallest absolute Gasteiger partial charge is 0.345 e. The molecule has 3 aromatic carbocycles. The Morgan fingerprint density at radius 2 is 1.64 bits per heavy atom. The number of halogens is 1. The third-order valence-electron chi connectivity index (χ3n) is 5.36. The first-order valence-corrected chi connectivity index (χ1v) is 12.2. The summed E-state index contributed by atoms with van der Waals surface area (Å²) in [6.45, 7) is 0.269. The van der Waals surface area contributed by atoms with Crippen LogP contribution in [0.15, 0.2) is 65.8 Å². The highest BCUT2D eigenvalue weighted by Gasteiger charge is 2.17. The van der Waals surface area contributed by atoms with Gasteiger partial charge in [0, 0.05) is 18.5 Å². The molecule has 0 saturated heterocycles. The van der Waals surface area contributed by atoms with Crippen molar-refractivity contribution in [2.24, 2.45) is 5.10 Å². The average molecular weight is 554 g/mol. The Morgan fingerprint density at radius 3 is 2.31 bits per heavy atom. The van der Waals surface area contributed by atoms with Gasteiger partial charge in [-0.3, -0.25) is 9.59 Å². The number of methoxy groups -OCH3 is 3. The monoisotopic (exact) mass is 553 g/mol. The third-order valence-corrected chi connectivity index (χ3v) is 5.69. The molecule has 0 aliphatic carbocycles. The number of rotatable bonds is 12. The highest BCUT2D eigenvalue weighted by atomic mass is 35.5. The van der Waals surface area contributed by atoms with Gasteiger partial charge in [-0.25, -0.2) is 10.2 Å². The molecule has 11 heteroatoms. The molecule has 0 aliphatic heterocycles. The Labute approximate surface area is 230 Å². The molecule has 10 nitrogen and oxygen atoms in total. The minimum absolute atomic E-state index is 0.141. The Morgan fingerprint density at radius 1 is 0.923 bits per heavy atom. The van der Waals surface area contributed by atoms with Crippen LogP contribution in [0.3, 0.4) is 0 Å². The second-order valence-electron chi connectivity index (χ2n) is 8.01. The molecule has 2 N–H and O–H groups in total. The second-order valence-corrected chi connectivity index (χ2v) is 8.42. The number of ether oxygens (including phenoxy) is 4. The van der Waals surface area contributed by atoms with E-state index < -0.39 is 5.97 Å². The fraction of sp³-hybridized carbons (Fsp3) is 0.214. The van der Waals surface area contributed by atoms with Gasteiger partial charge in [-0.15, -0.1) is 0 Å². The van der Waals surface area contributed by atoms with E-state index in [-0.39, 0.29) is 30.3 Å². The van der Waals surface area contributed by atoms with Gasteiger partial charge in [0.25, 0.3) is 5.91 Å². The first kappa shape index (κ1) is 29.0. The van der Waals surface area contributed by atoms with Crippen molar-refractivity contribution >= 4 is 35.6 Å². The number of nitrogens with one attached hydrogen (secondary N) is 2. The fourth-order valence-corrected chi connectivity index (χ4v) is 3.66. The normalized spacial score (nSPS) is 10.6. The molecule has 3 aromatic rings. The molecule has 2 amide bonds. The highest BCUT2D eigenvalue weighted by molar-refractivity contribution is 6.33. The lowest BCUT2D eigenvalue weighted by atomic mass is 10.1. The van der Waals surface area contributed by atoms with Gasteiger partial charge in [0.2, 0.25) is 11.7 Å². The zero-order valence-electron chi connectivity index (χ0n) is 21.7. The van der Waals surface area contributed by atoms with Crippen molar-refractivity contribution in [3.8, 4) is 23.0 Å². The van der Waals surface area contributed by atoms with Crippen molar-refractivity contribution in [1.82, 2.24) is 10.7 Å². The van der Waals surface area contributed by atoms with Gasteiger partial charge < -0.3 is 24.3 Å². The number of carbonyl (C=O) groups is 3. The van der Waals surface area contributed by atoms with Crippen molar-refractivity contribution < 1.29 is 33.3 Å². The Balaban J connectivity index is 1.44. The van der Waals surface area contributed by atoms with Crippen LogP contribution in [0.1, 0.15) is 39.1 Å². The van der Waals surface area contributed by atoms with E-state index in [4.69, 9.17) is 30.5 Å². The van der Waals surface area contributed by atoms with Crippen LogP contribution in [0.4, 0.5) is 0 Å². The molecule has 0 fully saturated rings. The molecular weight excluding hydrogens is 526 g/mol. The molecule has 39 heavy (non-hydrogen) atoms. The van der Waals surface area contributed by atoms with E-state index >= 15 is 0 Å². The van der Waals surface area contributed by atoms with Crippen LogP contribution in [0.2, 0.25) is 5.02 Å². The summed E-state index contributed by atoms with van der Waals surface area (Å²) in [5.74, 6) is 0.168. The van der Waals surface area contributed by atoms with Crippen LogP contribution in [0.5, 0.6) is 23.0 Å². The molecule has 0 aromatic heterocycles. The number of carbonyl (C=O) groups excluding carboxylic acids is 3. The molecule has 204 valence electrons. The summed E-state index contributed by atoms with van der Waals surface area (Å²) in [6.07, 6.45) is 1.96. The standard InChI is InChI=1S/C28H28ClN3O7/c1-36-23-15-19(16-24(37-2)26(23)38-3)27(34)30-13-7-12-25(33)32-31-17-18-8-6-9-20(14-18)39-28(35)21-10-4-5-11-22(21)29/h4-6,8-11,14-17H,7,12-13H2,1-3H3,(H,30,34)(H,32,33). The van der Waals surface area contributed by atoms with Crippen LogP contribution >= 0.6 is 11.6 Å². The molecular formula is C28H28ClN3O7. The van der Waals surface area contributed by atoms with Gasteiger partial charge in [0.15, 0.2) is 11.5 Å². The summed E-state index contributed by atoms with van der Waals surface area (Å²) >= 11 is 6.04. The minimum atomic E-state index is -0.583. The van der Waals surface area contributed by atoms with E-state index in [0.29, 0.717) is 45.6 Å². The Bertz CT molecular complexity index is 1340. The Kier molecular flexibility index (Phi) is 10.7. The number of hydrogen-bond donors (Lipinski definition) is 2. The van der Waals surface area contributed by atoms with Gasteiger partial charge >= 0.3 is 5.97 Å². The van der Waals surface area contributed by atoms with Crippen molar-refractivity contribution in [2.75, 3.05) is 27.9 Å². The van der Waals surface area contributed by atoms with Gasteiger partial charge in [-0.2, -0.15) is 5.10 Å². The SMILES string of the molecule is COc1cc(C(=O)NCCCC(=O)NN=Cc2cccc(OC(=O)c3ccccc3Cl)c2)cc(OC)c1OC. The summed E-state index contributed by atoms with van der Waals surface area (Å²) in [5.41, 5.74) is 3.63. The first-order valence-electron chi connectivity index (χ1n) is 11.8. The average Bonchev–Trinajstić information content (AvgIpc) is 2.94. The lowest BCUT2D eigenvalue weighted by Crippen LogP contribution is -2.26. The molecule has 0 spiro atoms. The van der Waals surface area contributed by atoms with Crippen LogP contribution in [-0.4, -0.2) is 51.9 Å². The quantitative estimate of drug-likeness (QED) is 0.113. The van der Waals surface area contributed by atoms with E-state index in [1.54, 1.807) is 60.7 Å². The molecule has 0 heterocycles. The largest absolute Gasteiger partial charge is 0.493 e. The Hall–Kier alpha value is -4.57. The lowest BCUT2D eigenvalue weighted by molar-refractivity contribution is -0.121. The third kappa shape index (κ3) is 8.21.